The van der Waals surface area contributed by atoms with Crippen LogP contribution in [0.5, 0.6) is 0 Å². The molecule has 0 aromatic carbocycles. The average Bonchev–Trinajstić information content (AvgIpc) is 2.43. The number of imide groups is 1. The molecule has 0 fully saturated rings. The molecular weight excluding hydrogens is 366 g/mol. The molecule has 0 atom stereocenters. The third-order valence-electron chi connectivity index (χ3n) is 2.56. The van der Waals surface area contributed by atoms with Gasteiger partial charge in [0.25, 0.3) is 0 Å². The predicted molar refractivity (Wildman–Crippen MR) is 105 cm³/mol. The molecular formula is C20H35NO7. The second-order valence-electron chi connectivity index (χ2n) is 9.47. The van der Waals surface area contributed by atoms with Crippen LogP contribution in [-0.2, 0) is 23.7 Å². The molecule has 0 N–H and O–H groups in total. The van der Waals surface area contributed by atoms with Gasteiger partial charge in [0.1, 0.15) is 24.4 Å². The quantitative estimate of drug-likeness (QED) is 0.373. The molecule has 28 heavy (non-hydrogen) atoms. The summed E-state index contributed by atoms with van der Waals surface area (Å²) in [6.45, 7) is 15.8. The van der Waals surface area contributed by atoms with E-state index in [9.17, 15) is 14.4 Å². The van der Waals surface area contributed by atoms with E-state index in [4.69, 9.17) is 18.9 Å². The van der Waals surface area contributed by atoms with E-state index in [-0.39, 0.29) is 12.0 Å². The van der Waals surface area contributed by atoms with Crippen LogP contribution in [0.3, 0.4) is 0 Å². The predicted octanol–water partition coefficient (Wildman–Crippen LogP) is 4.28. The van der Waals surface area contributed by atoms with Crippen LogP contribution in [0, 0.1) is 5.41 Å². The summed E-state index contributed by atoms with van der Waals surface area (Å²) < 4.78 is 20.7. The first-order valence-corrected chi connectivity index (χ1v) is 9.16. The maximum absolute atomic E-state index is 12.3. The Morgan fingerprint density at radius 3 is 1.68 bits per heavy atom. The molecule has 0 spiro atoms. The van der Waals surface area contributed by atoms with E-state index in [0.29, 0.717) is 11.5 Å². The third kappa shape index (κ3) is 13.9. The van der Waals surface area contributed by atoms with Gasteiger partial charge in [0, 0.05) is 0 Å². The highest BCUT2D eigenvalue weighted by Gasteiger charge is 2.33. The Balaban J connectivity index is 4.80. The van der Waals surface area contributed by atoms with Crippen LogP contribution >= 0.6 is 0 Å². The van der Waals surface area contributed by atoms with Crippen molar-refractivity contribution in [1.82, 2.24) is 4.90 Å². The summed E-state index contributed by atoms with van der Waals surface area (Å²) >= 11 is 0. The molecule has 0 bridgehead atoms. The van der Waals surface area contributed by atoms with Crippen molar-refractivity contribution in [2.75, 3.05) is 19.8 Å². The van der Waals surface area contributed by atoms with E-state index in [1.165, 1.54) is 12.3 Å². The molecule has 0 aliphatic heterocycles. The Morgan fingerprint density at radius 1 is 0.821 bits per heavy atom. The molecule has 0 aromatic heterocycles. The molecule has 0 rings (SSSR count). The average molecular weight is 402 g/mol. The number of nitrogens with zero attached hydrogens (tertiary/aromatic N) is 1. The van der Waals surface area contributed by atoms with Gasteiger partial charge in [-0.05, 0) is 53.0 Å². The summed E-state index contributed by atoms with van der Waals surface area (Å²) in [5.74, 6) is -0.780. The fraction of sp³-hybridized carbons (Fsp3) is 0.750. The van der Waals surface area contributed by atoms with Gasteiger partial charge in [0.2, 0.25) is 0 Å². The molecule has 8 nitrogen and oxygen atoms in total. The number of ether oxygens (including phenoxy) is 4. The summed E-state index contributed by atoms with van der Waals surface area (Å²) in [7, 11) is 0. The minimum Gasteiger partial charge on any atom is -0.501 e. The highest BCUT2D eigenvalue weighted by atomic mass is 16.6. The van der Waals surface area contributed by atoms with Crippen molar-refractivity contribution in [1.29, 1.82) is 0 Å². The molecule has 0 heterocycles. The van der Waals surface area contributed by atoms with Crippen molar-refractivity contribution < 1.29 is 33.3 Å². The summed E-state index contributed by atoms with van der Waals surface area (Å²) in [6.07, 6.45) is 0.998. The first-order valence-electron chi connectivity index (χ1n) is 9.16. The van der Waals surface area contributed by atoms with Gasteiger partial charge in [0.05, 0.1) is 12.9 Å². The van der Waals surface area contributed by atoms with Crippen molar-refractivity contribution in [2.24, 2.45) is 5.41 Å². The standard InChI is InChI=1S/C20H35NO7/c1-18(2,3)14-25-11-10-12-26-15(22)13-21(16(23)27-19(4,5)6)17(24)28-20(7,8)9/h10-11H,12-14H2,1-9H3/b11-10+. The summed E-state index contributed by atoms with van der Waals surface area (Å²) in [4.78, 5) is 37.2. The summed E-state index contributed by atoms with van der Waals surface area (Å²) in [6, 6.07) is 0. The van der Waals surface area contributed by atoms with Gasteiger partial charge in [-0.3, -0.25) is 4.79 Å². The molecule has 0 aromatic rings. The molecule has 0 radical (unpaired) electrons. The maximum Gasteiger partial charge on any atom is 0.420 e. The van der Waals surface area contributed by atoms with Gasteiger partial charge >= 0.3 is 18.2 Å². The fourth-order valence-electron chi connectivity index (χ4n) is 1.56. The van der Waals surface area contributed by atoms with Crippen LogP contribution in [0.4, 0.5) is 9.59 Å². The van der Waals surface area contributed by atoms with Crippen molar-refractivity contribution in [3.63, 3.8) is 0 Å². The lowest BCUT2D eigenvalue weighted by Gasteiger charge is -2.28. The van der Waals surface area contributed by atoms with Crippen molar-refractivity contribution in [3.05, 3.63) is 12.3 Å². The molecule has 2 amide bonds. The van der Waals surface area contributed by atoms with E-state index in [2.05, 4.69) is 0 Å². The number of hydrogen-bond donors (Lipinski definition) is 0. The Morgan fingerprint density at radius 2 is 1.29 bits per heavy atom. The van der Waals surface area contributed by atoms with E-state index in [0.717, 1.165) is 0 Å². The van der Waals surface area contributed by atoms with Gasteiger partial charge in [-0.1, -0.05) is 20.8 Å². The van der Waals surface area contributed by atoms with Crippen LogP contribution < -0.4 is 0 Å². The second-order valence-corrected chi connectivity index (χ2v) is 9.47. The highest BCUT2D eigenvalue weighted by Crippen LogP contribution is 2.15. The van der Waals surface area contributed by atoms with Gasteiger partial charge in [-0.2, -0.15) is 0 Å². The number of esters is 1. The lowest BCUT2D eigenvalue weighted by molar-refractivity contribution is -0.143. The zero-order chi connectivity index (χ0) is 22.2. The normalized spacial score (nSPS) is 12.5. The fourth-order valence-corrected chi connectivity index (χ4v) is 1.56. The van der Waals surface area contributed by atoms with Crippen molar-refractivity contribution in [2.45, 2.75) is 73.5 Å². The first kappa shape index (κ1) is 25.8. The van der Waals surface area contributed by atoms with Gasteiger partial charge in [0.15, 0.2) is 0 Å². The van der Waals surface area contributed by atoms with E-state index in [1.807, 2.05) is 20.8 Å². The van der Waals surface area contributed by atoms with Gasteiger partial charge < -0.3 is 18.9 Å². The minimum atomic E-state index is -0.984. The van der Waals surface area contributed by atoms with Crippen LogP contribution in [0.1, 0.15) is 62.3 Å². The number of carbonyl (C=O) groups excluding carboxylic acids is 3. The van der Waals surface area contributed by atoms with Crippen LogP contribution in [0.25, 0.3) is 0 Å². The number of rotatable bonds is 6. The summed E-state index contributed by atoms with van der Waals surface area (Å²) in [5, 5.41) is 0. The molecule has 0 aliphatic rings. The number of amides is 2. The zero-order valence-electron chi connectivity index (χ0n) is 18.6. The lowest BCUT2D eigenvalue weighted by Crippen LogP contribution is -2.46. The van der Waals surface area contributed by atoms with Crippen molar-refractivity contribution in [3.8, 4) is 0 Å². The van der Waals surface area contributed by atoms with Crippen LogP contribution in [-0.4, -0.2) is 54.0 Å². The zero-order valence-corrected chi connectivity index (χ0v) is 18.6. The Labute approximate surface area is 168 Å². The monoisotopic (exact) mass is 401 g/mol. The Bertz CT molecular complexity index is 535. The Hall–Kier alpha value is -2.25. The topological polar surface area (TPSA) is 91.4 Å². The highest BCUT2D eigenvalue weighted by molar-refractivity contribution is 5.92. The number of hydrogen-bond acceptors (Lipinski definition) is 7. The van der Waals surface area contributed by atoms with Crippen molar-refractivity contribution >= 4 is 18.2 Å². The number of carbonyl (C=O) groups is 3. The third-order valence-corrected chi connectivity index (χ3v) is 2.56. The smallest absolute Gasteiger partial charge is 0.420 e. The molecule has 162 valence electrons. The maximum atomic E-state index is 12.3. The molecule has 8 heteroatoms. The molecule has 0 saturated heterocycles. The molecule has 0 unspecified atom stereocenters. The van der Waals surface area contributed by atoms with E-state index >= 15 is 0 Å². The molecule has 0 aliphatic carbocycles. The first-order chi connectivity index (χ1) is 12.5. The summed E-state index contributed by atoms with van der Waals surface area (Å²) in [5.41, 5.74) is -1.66. The van der Waals surface area contributed by atoms with E-state index in [1.54, 1.807) is 41.5 Å². The molecule has 0 saturated carbocycles. The van der Waals surface area contributed by atoms with Crippen LogP contribution in [0.15, 0.2) is 12.3 Å². The lowest BCUT2D eigenvalue weighted by atomic mass is 9.99. The van der Waals surface area contributed by atoms with E-state index < -0.39 is 35.9 Å². The minimum absolute atomic E-state index is 0.0162. The SMILES string of the molecule is CC(C)(C)CO/C=C/COC(=O)CN(C(=O)OC(C)(C)C)C(=O)OC(C)(C)C. The second kappa shape index (κ2) is 10.3. The van der Waals surface area contributed by atoms with Crippen LogP contribution in [0.2, 0.25) is 0 Å². The van der Waals surface area contributed by atoms with Gasteiger partial charge in [-0.25, -0.2) is 14.5 Å². The Kier molecular flexibility index (Phi) is 9.51. The largest absolute Gasteiger partial charge is 0.501 e. The van der Waals surface area contributed by atoms with Gasteiger partial charge in [-0.15, -0.1) is 0 Å².